The monoisotopic (exact) mass is 866 g/mol. The summed E-state index contributed by atoms with van der Waals surface area (Å²) in [6.45, 7) is 18.2. The van der Waals surface area contributed by atoms with E-state index in [1.807, 2.05) is 28.0 Å². The molecule has 0 spiro atoms. The predicted octanol–water partition coefficient (Wildman–Crippen LogP) is 5.62. The number of hydrogen-bond donors (Lipinski definition) is 0. The van der Waals surface area contributed by atoms with Gasteiger partial charge in [0, 0.05) is 65.4 Å². The van der Waals surface area contributed by atoms with Gasteiger partial charge in [-0.2, -0.15) is 0 Å². The number of ether oxygens (including phenoxy) is 2. The number of benzene rings is 4. The maximum atomic E-state index is 13.2. The van der Waals surface area contributed by atoms with Crippen LogP contribution in [0.3, 0.4) is 0 Å². The Kier molecular flexibility index (Phi) is 15.0. The summed E-state index contributed by atoms with van der Waals surface area (Å²) in [5, 5.41) is 0. The summed E-state index contributed by atoms with van der Waals surface area (Å²) in [7, 11) is 3.38. The number of nitrogens with zero attached hydrogens (tertiary/aromatic N) is 6. The van der Waals surface area contributed by atoms with E-state index in [0.717, 1.165) is 37.4 Å². The van der Waals surface area contributed by atoms with Gasteiger partial charge < -0.3 is 29.1 Å². The van der Waals surface area contributed by atoms with E-state index < -0.39 is 0 Å². The Balaban J connectivity index is 0.000000191. The molecule has 0 N–H and O–H groups in total. The van der Waals surface area contributed by atoms with Crippen molar-refractivity contribution >= 4 is 23.6 Å². The molecular weight excluding hydrogens is 805 g/mol. The first-order valence-electron chi connectivity index (χ1n) is 22.3. The van der Waals surface area contributed by atoms with Crippen LogP contribution in [0.2, 0.25) is 0 Å². The van der Waals surface area contributed by atoms with Gasteiger partial charge in [0.2, 0.25) is 23.6 Å². The Labute approximate surface area is 378 Å². The maximum absolute atomic E-state index is 13.2. The van der Waals surface area contributed by atoms with Gasteiger partial charge in [0.25, 0.3) is 0 Å². The van der Waals surface area contributed by atoms with Crippen molar-refractivity contribution in [3.63, 3.8) is 0 Å². The van der Waals surface area contributed by atoms with Crippen molar-refractivity contribution in [3.8, 4) is 11.5 Å². The van der Waals surface area contributed by atoms with Crippen molar-refractivity contribution in [2.75, 3.05) is 92.8 Å². The van der Waals surface area contributed by atoms with Gasteiger partial charge in [-0.25, -0.2) is 0 Å². The minimum absolute atomic E-state index is 0.00244. The van der Waals surface area contributed by atoms with Crippen molar-refractivity contribution < 1.29 is 28.7 Å². The number of hydrogen-bond acceptors (Lipinski definition) is 8. The third-order valence-corrected chi connectivity index (χ3v) is 13.2. The van der Waals surface area contributed by atoms with Crippen LogP contribution >= 0.6 is 0 Å². The lowest BCUT2D eigenvalue weighted by atomic mass is 9.86. The first-order chi connectivity index (χ1) is 31.0. The standard InChI is InChI=1S/2C26H31N3O3/c1-4-24(30)27-13-15-28(16-14-27)25(31)18-29-12-11-20-17-21(32-3)9-10-23(20)26(29)22-8-6-5-7-19(22)2;1-4-24(30)27-13-15-28(16-14-27)25(31)18-29-12-11-20-9-10-21(32-3)17-23(20)26(29)22-8-6-5-7-19(22)2/h2*4-10,17,26H,1,11-16,18H2,2-3H3. The normalized spacial score (nSPS) is 18.8. The largest absolute Gasteiger partial charge is 0.497 e. The smallest absolute Gasteiger partial charge is 0.246 e. The molecule has 8 rings (SSSR count). The van der Waals surface area contributed by atoms with Gasteiger partial charge in [-0.05, 0) is 108 Å². The molecule has 4 heterocycles. The van der Waals surface area contributed by atoms with E-state index in [1.165, 1.54) is 56.7 Å². The SMILES string of the molecule is C=CC(=O)N1CCN(C(=O)CN2CCc3cc(OC)ccc3C2c2ccccc2C)CC1.C=CC(=O)N1CCN(C(=O)CN2CCc3ccc(OC)cc3C2c2ccccc2C)CC1. The Hall–Kier alpha value is -6.24. The molecule has 336 valence electrons. The highest BCUT2D eigenvalue weighted by atomic mass is 16.5. The van der Waals surface area contributed by atoms with Gasteiger partial charge in [0.1, 0.15) is 11.5 Å². The van der Waals surface area contributed by atoms with Crippen LogP contribution < -0.4 is 9.47 Å². The lowest BCUT2D eigenvalue weighted by Gasteiger charge is -2.40. The second-order valence-electron chi connectivity index (χ2n) is 16.9. The highest BCUT2D eigenvalue weighted by molar-refractivity contribution is 5.88. The van der Waals surface area contributed by atoms with Crippen LogP contribution in [-0.2, 0) is 32.0 Å². The fourth-order valence-electron chi connectivity index (χ4n) is 9.57. The third kappa shape index (κ3) is 10.2. The molecule has 4 aromatic rings. The summed E-state index contributed by atoms with van der Waals surface area (Å²) >= 11 is 0. The second-order valence-corrected chi connectivity index (χ2v) is 16.9. The molecule has 12 nitrogen and oxygen atoms in total. The van der Waals surface area contributed by atoms with Crippen LogP contribution in [0.25, 0.3) is 0 Å². The van der Waals surface area contributed by atoms with Gasteiger partial charge in [-0.15, -0.1) is 0 Å². The third-order valence-electron chi connectivity index (χ3n) is 13.2. The number of carbonyl (C=O) groups excluding carboxylic acids is 4. The Morgan fingerprint density at radius 3 is 1.41 bits per heavy atom. The van der Waals surface area contributed by atoms with Gasteiger partial charge in [0.05, 0.1) is 39.4 Å². The molecule has 2 atom stereocenters. The van der Waals surface area contributed by atoms with E-state index in [-0.39, 0.29) is 35.7 Å². The summed E-state index contributed by atoms with van der Waals surface area (Å²) in [5.41, 5.74) is 9.90. The lowest BCUT2D eigenvalue weighted by molar-refractivity contribution is -0.138. The van der Waals surface area contributed by atoms with Crippen molar-refractivity contribution in [2.24, 2.45) is 0 Å². The van der Waals surface area contributed by atoms with Crippen LogP contribution in [0.4, 0.5) is 0 Å². The lowest BCUT2D eigenvalue weighted by Crippen LogP contribution is -2.53. The minimum Gasteiger partial charge on any atom is -0.497 e. The summed E-state index contributed by atoms with van der Waals surface area (Å²) in [5.74, 6) is 1.78. The van der Waals surface area contributed by atoms with E-state index in [1.54, 1.807) is 24.0 Å². The molecule has 2 saturated heterocycles. The second kappa shape index (κ2) is 21.0. The molecule has 4 aliphatic rings. The van der Waals surface area contributed by atoms with E-state index in [2.05, 4.69) is 104 Å². The van der Waals surface area contributed by atoms with Gasteiger partial charge in [-0.3, -0.25) is 29.0 Å². The van der Waals surface area contributed by atoms with Crippen molar-refractivity contribution in [1.82, 2.24) is 29.4 Å². The molecule has 4 amide bonds. The fourth-order valence-corrected chi connectivity index (χ4v) is 9.57. The number of carbonyl (C=O) groups is 4. The van der Waals surface area contributed by atoms with Crippen LogP contribution in [0.1, 0.15) is 56.6 Å². The molecule has 12 heteroatoms. The van der Waals surface area contributed by atoms with Crippen molar-refractivity contribution in [2.45, 2.75) is 38.8 Å². The minimum atomic E-state index is -0.0710. The molecule has 0 radical (unpaired) electrons. The summed E-state index contributed by atoms with van der Waals surface area (Å²) in [6.07, 6.45) is 4.45. The zero-order chi connectivity index (χ0) is 45.3. The zero-order valence-electron chi connectivity index (χ0n) is 37.8. The number of rotatable bonds is 10. The topological polar surface area (TPSA) is 106 Å². The molecule has 2 unspecified atom stereocenters. The Morgan fingerprint density at radius 1 is 0.516 bits per heavy atom. The van der Waals surface area contributed by atoms with Gasteiger partial charge >= 0.3 is 0 Å². The van der Waals surface area contributed by atoms with E-state index >= 15 is 0 Å². The Bertz CT molecular complexity index is 2350. The van der Waals surface area contributed by atoms with Crippen molar-refractivity contribution in [1.29, 1.82) is 0 Å². The van der Waals surface area contributed by atoms with E-state index in [0.29, 0.717) is 65.4 Å². The number of methoxy groups -OCH3 is 2. The van der Waals surface area contributed by atoms with Crippen LogP contribution in [0, 0.1) is 13.8 Å². The Morgan fingerprint density at radius 2 is 0.938 bits per heavy atom. The predicted molar refractivity (Wildman–Crippen MR) is 249 cm³/mol. The highest BCUT2D eigenvalue weighted by Gasteiger charge is 2.35. The summed E-state index contributed by atoms with van der Waals surface area (Å²) in [4.78, 5) is 62.0. The van der Waals surface area contributed by atoms with E-state index in [4.69, 9.17) is 9.47 Å². The molecule has 4 aromatic carbocycles. The molecule has 4 aliphatic heterocycles. The molecule has 64 heavy (non-hydrogen) atoms. The summed E-state index contributed by atoms with van der Waals surface area (Å²) < 4.78 is 11.0. The first-order valence-corrected chi connectivity index (χ1v) is 22.3. The quantitative estimate of drug-likeness (QED) is 0.190. The van der Waals surface area contributed by atoms with Gasteiger partial charge in [0.15, 0.2) is 0 Å². The van der Waals surface area contributed by atoms with Crippen LogP contribution in [0.15, 0.2) is 110 Å². The average Bonchev–Trinajstić information content (AvgIpc) is 3.33. The first kappa shape index (κ1) is 45.8. The molecule has 0 aromatic heterocycles. The average molecular weight is 867 g/mol. The summed E-state index contributed by atoms with van der Waals surface area (Å²) in [6, 6.07) is 29.4. The number of fused-ring (bicyclic) bond motifs is 2. The van der Waals surface area contributed by atoms with Gasteiger partial charge in [-0.1, -0.05) is 73.8 Å². The van der Waals surface area contributed by atoms with Crippen molar-refractivity contribution in [3.05, 3.63) is 155 Å². The maximum Gasteiger partial charge on any atom is 0.246 e. The highest BCUT2D eigenvalue weighted by Crippen LogP contribution is 2.39. The molecule has 0 aliphatic carbocycles. The molecule has 0 bridgehead atoms. The molecular formula is C52H62N6O6. The number of aryl methyl sites for hydroxylation is 2. The number of piperazine rings is 2. The molecule has 2 fully saturated rings. The van der Waals surface area contributed by atoms with E-state index in [9.17, 15) is 19.2 Å². The molecule has 0 saturated carbocycles. The van der Waals surface area contributed by atoms with Crippen LogP contribution in [-0.4, -0.2) is 146 Å². The fraction of sp³-hybridized carbons (Fsp3) is 0.385. The zero-order valence-corrected chi connectivity index (χ0v) is 37.8. The van der Waals surface area contributed by atoms with Crippen LogP contribution in [0.5, 0.6) is 11.5 Å². The number of amides is 4.